The van der Waals surface area contributed by atoms with Crippen LogP contribution in [-0.2, 0) is 6.54 Å². The molecule has 0 saturated heterocycles. The smallest absolute Gasteiger partial charge is 0.251 e. The number of hydrogen-bond acceptors (Lipinski definition) is 4. The summed E-state index contributed by atoms with van der Waals surface area (Å²) >= 11 is 0. The normalized spacial score (nSPS) is 10.1. The van der Waals surface area contributed by atoms with Crippen molar-refractivity contribution in [3.8, 4) is 0 Å². The maximum absolute atomic E-state index is 11.9. The molecule has 2 rings (SSSR count). The first-order valence-corrected chi connectivity index (χ1v) is 5.59. The van der Waals surface area contributed by atoms with E-state index in [-0.39, 0.29) is 5.91 Å². The van der Waals surface area contributed by atoms with Crippen LogP contribution in [0, 0.1) is 0 Å². The van der Waals surface area contributed by atoms with Crippen LogP contribution in [-0.4, -0.2) is 25.0 Å². The van der Waals surface area contributed by atoms with Crippen molar-refractivity contribution in [1.29, 1.82) is 0 Å². The first-order valence-electron chi connectivity index (χ1n) is 5.59. The zero-order valence-corrected chi connectivity index (χ0v) is 10.4. The van der Waals surface area contributed by atoms with Crippen LogP contribution in [0.25, 0.3) is 0 Å². The monoisotopic (exact) mass is 245 g/mol. The van der Waals surface area contributed by atoms with Crippen LogP contribution in [0.4, 0.5) is 5.69 Å². The number of carbonyl (C=O) groups is 1. The van der Waals surface area contributed by atoms with Crippen molar-refractivity contribution in [2.24, 2.45) is 0 Å². The van der Waals surface area contributed by atoms with Crippen LogP contribution in [0.2, 0.25) is 0 Å². The molecule has 0 atom stereocenters. The van der Waals surface area contributed by atoms with E-state index in [0.29, 0.717) is 17.8 Å². The summed E-state index contributed by atoms with van der Waals surface area (Å²) in [4.78, 5) is 17.8. The molecule has 5 heteroatoms. The highest BCUT2D eigenvalue weighted by molar-refractivity contribution is 5.95. The van der Waals surface area contributed by atoms with Crippen molar-refractivity contribution in [3.05, 3.63) is 48.2 Å². The number of carbonyl (C=O) groups excluding carboxylic acids is 1. The van der Waals surface area contributed by atoms with Crippen molar-refractivity contribution < 1.29 is 9.21 Å². The maximum atomic E-state index is 11.9. The SMILES string of the molecule is CN(C)c1cccc(C(=O)NCc2cocn2)c1. The fraction of sp³-hybridized carbons (Fsp3) is 0.231. The van der Waals surface area contributed by atoms with E-state index in [4.69, 9.17) is 4.42 Å². The van der Waals surface area contributed by atoms with Crippen molar-refractivity contribution >= 4 is 11.6 Å². The van der Waals surface area contributed by atoms with Crippen molar-refractivity contribution in [2.45, 2.75) is 6.54 Å². The zero-order chi connectivity index (χ0) is 13.0. The molecule has 0 saturated carbocycles. The van der Waals surface area contributed by atoms with Crippen LogP contribution in [0.5, 0.6) is 0 Å². The third-order valence-electron chi connectivity index (χ3n) is 2.54. The molecule has 1 amide bonds. The van der Waals surface area contributed by atoms with Gasteiger partial charge in [0, 0.05) is 25.3 Å². The molecule has 0 spiro atoms. The van der Waals surface area contributed by atoms with Crippen LogP contribution in [0.3, 0.4) is 0 Å². The Morgan fingerprint density at radius 1 is 1.44 bits per heavy atom. The second kappa shape index (κ2) is 5.35. The summed E-state index contributed by atoms with van der Waals surface area (Å²) < 4.78 is 4.83. The van der Waals surface area contributed by atoms with E-state index in [2.05, 4.69) is 10.3 Å². The molecule has 18 heavy (non-hydrogen) atoms. The lowest BCUT2D eigenvalue weighted by Crippen LogP contribution is -2.23. The minimum absolute atomic E-state index is 0.123. The first-order chi connectivity index (χ1) is 8.66. The third-order valence-corrected chi connectivity index (χ3v) is 2.54. The lowest BCUT2D eigenvalue weighted by Gasteiger charge is -2.13. The number of oxazole rings is 1. The highest BCUT2D eigenvalue weighted by Gasteiger charge is 2.07. The summed E-state index contributed by atoms with van der Waals surface area (Å²) in [7, 11) is 3.87. The molecule has 1 aromatic carbocycles. The predicted octanol–water partition coefficient (Wildman–Crippen LogP) is 1.67. The Bertz CT molecular complexity index is 521. The molecule has 0 aliphatic rings. The molecule has 0 fully saturated rings. The number of amides is 1. The molecule has 0 unspecified atom stereocenters. The molecule has 2 aromatic rings. The Morgan fingerprint density at radius 3 is 2.94 bits per heavy atom. The molecule has 1 heterocycles. The van der Waals surface area contributed by atoms with Gasteiger partial charge in [0.05, 0.1) is 12.2 Å². The Morgan fingerprint density at radius 2 is 2.28 bits per heavy atom. The average molecular weight is 245 g/mol. The Hall–Kier alpha value is -2.30. The number of nitrogens with one attached hydrogen (secondary N) is 1. The van der Waals surface area contributed by atoms with Gasteiger partial charge in [0.2, 0.25) is 0 Å². The van der Waals surface area contributed by atoms with E-state index >= 15 is 0 Å². The van der Waals surface area contributed by atoms with E-state index < -0.39 is 0 Å². The molecular formula is C13H15N3O2. The summed E-state index contributed by atoms with van der Waals surface area (Å²) in [5.41, 5.74) is 2.32. The lowest BCUT2D eigenvalue weighted by molar-refractivity contribution is 0.0950. The topological polar surface area (TPSA) is 58.4 Å². The first kappa shape index (κ1) is 12.2. The number of anilines is 1. The van der Waals surface area contributed by atoms with E-state index in [0.717, 1.165) is 5.69 Å². The summed E-state index contributed by atoms with van der Waals surface area (Å²) in [6.45, 7) is 0.363. The molecule has 1 aromatic heterocycles. The maximum Gasteiger partial charge on any atom is 0.251 e. The van der Waals surface area contributed by atoms with Gasteiger partial charge in [-0.05, 0) is 18.2 Å². The zero-order valence-electron chi connectivity index (χ0n) is 10.4. The molecule has 0 aliphatic heterocycles. The van der Waals surface area contributed by atoms with Crippen molar-refractivity contribution in [3.63, 3.8) is 0 Å². The molecular weight excluding hydrogens is 230 g/mol. The second-order valence-corrected chi connectivity index (χ2v) is 4.11. The van der Waals surface area contributed by atoms with E-state index in [1.54, 1.807) is 6.07 Å². The van der Waals surface area contributed by atoms with Crippen molar-refractivity contribution in [2.75, 3.05) is 19.0 Å². The molecule has 0 bridgehead atoms. The fourth-order valence-corrected chi connectivity index (χ4v) is 1.52. The number of aromatic nitrogens is 1. The van der Waals surface area contributed by atoms with Gasteiger partial charge >= 0.3 is 0 Å². The molecule has 94 valence electrons. The summed E-state index contributed by atoms with van der Waals surface area (Å²) in [6.07, 6.45) is 2.85. The van der Waals surface area contributed by atoms with E-state index in [1.165, 1.54) is 12.7 Å². The van der Waals surface area contributed by atoms with Crippen LogP contribution < -0.4 is 10.2 Å². The van der Waals surface area contributed by atoms with Gasteiger partial charge in [-0.1, -0.05) is 6.07 Å². The number of benzene rings is 1. The quantitative estimate of drug-likeness (QED) is 0.890. The van der Waals surface area contributed by atoms with Gasteiger partial charge in [-0.25, -0.2) is 4.98 Å². The van der Waals surface area contributed by atoms with Crippen LogP contribution >= 0.6 is 0 Å². The highest BCUT2D eigenvalue weighted by Crippen LogP contribution is 2.13. The lowest BCUT2D eigenvalue weighted by atomic mass is 10.2. The summed E-state index contributed by atoms with van der Waals surface area (Å²) in [5.74, 6) is -0.123. The number of nitrogens with zero attached hydrogens (tertiary/aromatic N) is 2. The highest BCUT2D eigenvalue weighted by atomic mass is 16.3. The third kappa shape index (κ3) is 2.88. The largest absolute Gasteiger partial charge is 0.451 e. The number of rotatable bonds is 4. The Labute approximate surface area is 105 Å². The van der Waals surface area contributed by atoms with Gasteiger partial charge in [-0.3, -0.25) is 4.79 Å². The molecule has 1 N–H and O–H groups in total. The molecule has 0 aliphatic carbocycles. The predicted molar refractivity (Wildman–Crippen MR) is 68.4 cm³/mol. The standard InChI is InChI=1S/C13H15N3O2/c1-16(2)12-5-3-4-10(6-12)13(17)14-7-11-8-18-9-15-11/h3-6,8-9H,7H2,1-2H3,(H,14,17). The summed E-state index contributed by atoms with van der Waals surface area (Å²) in [5, 5.41) is 2.79. The molecule has 0 radical (unpaired) electrons. The number of hydrogen-bond donors (Lipinski definition) is 1. The molecule has 5 nitrogen and oxygen atoms in total. The average Bonchev–Trinajstić information content (AvgIpc) is 2.89. The van der Waals surface area contributed by atoms with Gasteiger partial charge in [0.15, 0.2) is 6.39 Å². The second-order valence-electron chi connectivity index (χ2n) is 4.11. The fourth-order valence-electron chi connectivity index (χ4n) is 1.52. The van der Waals surface area contributed by atoms with Gasteiger partial charge in [0.25, 0.3) is 5.91 Å². The van der Waals surface area contributed by atoms with E-state index in [1.807, 2.05) is 37.2 Å². The van der Waals surface area contributed by atoms with E-state index in [9.17, 15) is 4.79 Å². The van der Waals surface area contributed by atoms with Gasteiger partial charge in [-0.2, -0.15) is 0 Å². The van der Waals surface area contributed by atoms with Crippen LogP contribution in [0.1, 0.15) is 16.1 Å². The van der Waals surface area contributed by atoms with Gasteiger partial charge in [0.1, 0.15) is 6.26 Å². The minimum atomic E-state index is -0.123. The Balaban J connectivity index is 2.02. The van der Waals surface area contributed by atoms with Crippen LogP contribution in [0.15, 0.2) is 41.3 Å². The summed E-state index contributed by atoms with van der Waals surface area (Å²) in [6, 6.07) is 7.44. The minimum Gasteiger partial charge on any atom is -0.451 e. The van der Waals surface area contributed by atoms with Crippen molar-refractivity contribution in [1.82, 2.24) is 10.3 Å². The Kier molecular flexibility index (Phi) is 3.62. The van der Waals surface area contributed by atoms with Gasteiger partial charge < -0.3 is 14.6 Å². The van der Waals surface area contributed by atoms with Gasteiger partial charge in [-0.15, -0.1) is 0 Å².